The van der Waals surface area contributed by atoms with Crippen LogP contribution < -0.4 is 20.1 Å². The first-order chi connectivity index (χ1) is 14.0. The minimum absolute atomic E-state index is 0.0124. The summed E-state index contributed by atoms with van der Waals surface area (Å²) in [4.78, 5) is 7.20. The molecule has 0 aliphatic carbocycles. The second-order valence-electron chi connectivity index (χ2n) is 7.92. The second-order valence-corrected chi connectivity index (χ2v) is 8.32. The number of morpholine rings is 1. The van der Waals surface area contributed by atoms with E-state index >= 15 is 0 Å². The maximum absolute atomic E-state index is 6.40. The molecule has 8 heteroatoms. The van der Waals surface area contributed by atoms with Gasteiger partial charge in [0.05, 0.1) is 38.0 Å². The molecule has 2 aliphatic heterocycles. The molecule has 1 aromatic rings. The van der Waals surface area contributed by atoms with Crippen molar-refractivity contribution in [3.05, 3.63) is 22.7 Å². The molecule has 1 aromatic carbocycles. The number of guanidine groups is 1. The van der Waals surface area contributed by atoms with Gasteiger partial charge in [0, 0.05) is 38.1 Å². The van der Waals surface area contributed by atoms with Crippen LogP contribution in [0.25, 0.3) is 0 Å². The van der Waals surface area contributed by atoms with Gasteiger partial charge in [0.15, 0.2) is 17.5 Å². The van der Waals surface area contributed by atoms with Crippen molar-refractivity contribution in [2.45, 2.75) is 39.3 Å². The van der Waals surface area contributed by atoms with E-state index in [-0.39, 0.29) is 5.54 Å². The van der Waals surface area contributed by atoms with E-state index < -0.39 is 0 Å². The third kappa shape index (κ3) is 6.14. The standard InChI is InChI=1S/C21H33ClN4O3/c1-4-23-20(25-15-21(2,3)26-6-10-27-11-7-26)24-14-16-12-17(22)19-18(13-16)28-8-5-9-29-19/h12-13H,4-11,14-15H2,1-3H3,(H2,23,24,25). The molecule has 2 aliphatic rings. The fourth-order valence-corrected chi connectivity index (χ4v) is 3.76. The predicted octanol–water partition coefficient (Wildman–Crippen LogP) is 2.67. The minimum atomic E-state index is 0.0124. The number of fused-ring (bicyclic) bond motifs is 1. The number of ether oxygens (including phenoxy) is 3. The van der Waals surface area contributed by atoms with Crippen LogP contribution in [0.4, 0.5) is 0 Å². The van der Waals surface area contributed by atoms with Gasteiger partial charge in [-0.2, -0.15) is 0 Å². The van der Waals surface area contributed by atoms with Crippen molar-refractivity contribution in [2.75, 3.05) is 52.6 Å². The summed E-state index contributed by atoms with van der Waals surface area (Å²) >= 11 is 6.40. The molecule has 0 bridgehead atoms. The predicted molar refractivity (Wildman–Crippen MR) is 116 cm³/mol. The van der Waals surface area contributed by atoms with Crippen LogP contribution in [-0.4, -0.2) is 69.0 Å². The average Bonchev–Trinajstić information content (AvgIpc) is 2.97. The van der Waals surface area contributed by atoms with Crippen LogP contribution in [-0.2, 0) is 11.3 Å². The summed E-state index contributed by atoms with van der Waals surface area (Å²) in [5.74, 6) is 2.12. The van der Waals surface area contributed by atoms with Gasteiger partial charge in [-0.15, -0.1) is 0 Å². The van der Waals surface area contributed by atoms with Crippen LogP contribution in [0, 0.1) is 0 Å². The molecule has 1 saturated heterocycles. The lowest BCUT2D eigenvalue weighted by Crippen LogP contribution is -2.56. The smallest absolute Gasteiger partial charge is 0.191 e. The molecular formula is C21H33ClN4O3. The summed E-state index contributed by atoms with van der Waals surface area (Å²) in [6, 6.07) is 3.87. The Hall–Kier alpha value is -1.70. The van der Waals surface area contributed by atoms with Gasteiger partial charge in [-0.3, -0.25) is 4.90 Å². The molecule has 0 radical (unpaired) electrons. The lowest BCUT2D eigenvalue weighted by atomic mass is 10.0. The number of hydrogen-bond acceptors (Lipinski definition) is 5. The number of halogens is 1. The first-order valence-electron chi connectivity index (χ1n) is 10.4. The SMILES string of the molecule is CCNC(=NCc1cc(Cl)c2c(c1)OCCCO2)NCC(C)(C)N1CCOCC1. The zero-order valence-electron chi connectivity index (χ0n) is 17.7. The summed E-state index contributed by atoms with van der Waals surface area (Å²) in [5.41, 5.74) is 1.00. The van der Waals surface area contributed by atoms with E-state index in [2.05, 4.69) is 36.3 Å². The topological polar surface area (TPSA) is 67.4 Å². The molecule has 0 spiro atoms. The molecule has 0 saturated carbocycles. The molecule has 0 atom stereocenters. The molecule has 1 fully saturated rings. The average molecular weight is 425 g/mol. The molecule has 2 heterocycles. The number of nitrogens with zero attached hydrogens (tertiary/aromatic N) is 2. The Morgan fingerprint density at radius 3 is 2.66 bits per heavy atom. The van der Waals surface area contributed by atoms with Crippen LogP contribution in [0.5, 0.6) is 11.5 Å². The zero-order valence-corrected chi connectivity index (χ0v) is 18.5. The van der Waals surface area contributed by atoms with E-state index in [1.54, 1.807) is 0 Å². The normalized spacial score (nSPS) is 18.3. The Kier molecular flexibility index (Phi) is 7.86. The van der Waals surface area contributed by atoms with E-state index in [0.29, 0.717) is 36.3 Å². The molecule has 7 nitrogen and oxygen atoms in total. The third-order valence-electron chi connectivity index (χ3n) is 5.18. The third-order valence-corrected chi connectivity index (χ3v) is 5.46. The lowest BCUT2D eigenvalue weighted by Gasteiger charge is -2.41. The van der Waals surface area contributed by atoms with E-state index in [0.717, 1.165) is 57.3 Å². The van der Waals surface area contributed by atoms with Gasteiger partial charge in [0.25, 0.3) is 0 Å². The van der Waals surface area contributed by atoms with Gasteiger partial charge in [-0.05, 0) is 38.5 Å². The largest absolute Gasteiger partial charge is 0.489 e. The number of rotatable bonds is 6. The monoisotopic (exact) mass is 424 g/mol. The van der Waals surface area contributed by atoms with Crippen LogP contribution >= 0.6 is 11.6 Å². The summed E-state index contributed by atoms with van der Waals surface area (Å²) in [6.07, 6.45) is 0.853. The minimum Gasteiger partial charge on any atom is -0.489 e. The Morgan fingerprint density at radius 1 is 1.14 bits per heavy atom. The zero-order chi connectivity index (χ0) is 20.7. The molecule has 162 valence electrons. The van der Waals surface area contributed by atoms with Gasteiger partial charge < -0.3 is 24.8 Å². The molecule has 29 heavy (non-hydrogen) atoms. The maximum Gasteiger partial charge on any atom is 0.191 e. The second kappa shape index (κ2) is 10.4. The summed E-state index contributed by atoms with van der Waals surface area (Å²) in [5, 5.41) is 7.38. The molecule has 0 unspecified atom stereocenters. The quantitative estimate of drug-likeness (QED) is 0.540. The van der Waals surface area contributed by atoms with Crippen LogP contribution in [0.2, 0.25) is 5.02 Å². The van der Waals surface area contributed by atoms with Crippen LogP contribution in [0.1, 0.15) is 32.8 Å². The maximum atomic E-state index is 6.40. The lowest BCUT2D eigenvalue weighted by molar-refractivity contribution is -0.00834. The molecule has 3 rings (SSSR count). The summed E-state index contributed by atoms with van der Waals surface area (Å²) in [6.45, 7) is 13.4. The Labute approximate surface area is 178 Å². The highest BCUT2D eigenvalue weighted by atomic mass is 35.5. The van der Waals surface area contributed by atoms with Crippen molar-refractivity contribution in [1.82, 2.24) is 15.5 Å². The van der Waals surface area contributed by atoms with Crippen molar-refractivity contribution in [3.63, 3.8) is 0 Å². The van der Waals surface area contributed by atoms with E-state index in [4.69, 9.17) is 30.8 Å². The van der Waals surface area contributed by atoms with Gasteiger partial charge in [0.2, 0.25) is 0 Å². The highest BCUT2D eigenvalue weighted by Gasteiger charge is 2.28. The van der Waals surface area contributed by atoms with Crippen molar-refractivity contribution in [2.24, 2.45) is 4.99 Å². The summed E-state index contributed by atoms with van der Waals surface area (Å²) in [7, 11) is 0. The molecule has 0 aromatic heterocycles. The summed E-state index contributed by atoms with van der Waals surface area (Å²) < 4.78 is 17.0. The highest BCUT2D eigenvalue weighted by Crippen LogP contribution is 2.38. The fourth-order valence-electron chi connectivity index (χ4n) is 3.47. The Balaban J connectivity index is 1.64. The van der Waals surface area contributed by atoms with Crippen molar-refractivity contribution >= 4 is 17.6 Å². The number of aliphatic imine (C=N–C) groups is 1. The first kappa shape index (κ1) is 22.0. The Bertz CT molecular complexity index is 705. The van der Waals surface area contributed by atoms with Crippen LogP contribution in [0.15, 0.2) is 17.1 Å². The fraction of sp³-hybridized carbons (Fsp3) is 0.667. The van der Waals surface area contributed by atoms with Gasteiger partial charge in [-0.1, -0.05) is 11.6 Å². The van der Waals surface area contributed by atoms with Crippen molar-refractivity contribution in [1.29, 1.82) is 0 Å². The van der Waals surface area contributed by atoms with Gasteiger partial charge in [-0.25, -0.2) is 4.99 Å². The first-order valence-corrected chi connectivity index (χ1v) is 10.8. The van der Waals surface area contributed by atoms with Crippen LogP contribution in [0.3, 0.4) is 0 Å². The van der Waals surface area contributed by atoms with Gasteiger partial charge >= 0.3 is 0 Å². The highest BCUT2D eigenvalue weighted by molar-refractivity contribution is 6.32. The number of nitrogens with one attached hydrogen (secondary N) is 2. The van der Waals surface area contributed by atoms with Crippen molar-refractivity contribution < 1.29 is 14.2 Å². The van der Waals surface area contributed by atoms with E-state index in [9.17, 15) is 0 Å². The van der Waals surface area contributed by atoms with Crippen molar-refractivity contribution in [3.8, 4) is 11.5 Å². The molecular weight excluding hydrogens is 392 g/mol. The number of benzene rings is 1. The van der Waals surface area contributed by atoms with E-state index in [1.807, 2.05) is 12.1 Å². The van der Waals surface area contributed by atoms with E-state index in [1.165, 1.54) is 0 Å². The van der Waals surface area contributed by atoms with Gasteiger partial charge in [0.1, 0.15) is 0 Å². The Morgan fingerprint density at radius 2 is 1.90 bits per heavy atom. The number of hydrogen-bond donors (Lipinski definition) is 2. The molecule has 2 N–H and O–H groups in total. The molecule has 0 amide bonds.